The molecule has 0 spiro atoms. The lowest BCUT2D eigenvalue weighted by molar-refractivity contribution is 0.430. The summed E-state index contributed by atoms with van der Waals surface area (Å²) < 4.78 is 2.03. The standard InChI is InChI=1S/C12H19N3/c1-5-7-11(6-2)14-10(3)12-13-8-9-15(12)4/h1,8-11,14H,6-7H2,2-4H3. The third-order valence-corrected chi connectivity index (χ3v) is 2.59. The second kappa shape index (κ2) is 5.57. The van der Waals surface area contributed by atoms with Crippen molar-refractivity contribution in [2.75, 3.05) is 0 Å². The molecule has 15 heavy (non-hydrogen) atoms. The van der Waals surface area contributed by atoms with Gasteiger partial charge in [-0.3, -0.25) is 0 Å². The molecule has 0 aliphatic heterocycles. The van der Waals surface area contributed by atoms with Gasteiger partial charge in [-0.05, 0) is 13.3 Å². The maximum Gasteiger partial charge on any atom is 0.125 e. The highest BCUT2D eigenvalue weighted by Gasteiger charge is 2.13. The van der Waals surface area contributed by atoms with E-state index < -0.39 is 0 Å². The first-order chi connectivity index (χ1) is 7.19. The van der Waals surface area contributed by atoms with Crippen LogP contribution in [0.3, 0.4) is 0 Å². The van der Waals surface area contributed by atoms with Gasteiger partial charge in [-0.25, -0.2) is 4.98 Å². The first-order valence-corrected chi connectivity index (χ1v) is 5.35. The molecule has 1 N–H and O–H groups in total. The smallest absolute Gasteiger partial charge is 0.125 e. The van der Waals surface area contributed by atoms with Crippen LogP contribution in [-0.4, -0.2) is 15.6 Å². The summed E-state index contributed by atoms with van der Waals surface area (Å²) in [6.45, 7) is 4.25. The van der Waals surface area contributed by atoms with E-state index in [1.807, 2.05) is 24.0 Å². The zero-order chi connectivity index (χ0) is 11.3. The normalized spacial score (nSPS) is 14.5. The van der Waals surface area contributed by atoms with Gasteiger partial charge >= 0.3 is 0 Å². The van der Waals surface area contributed by atoms with Crippen molar-refractivity contribution in [2.24, 2.45) is 7.05 Å². The lowest BCUT2D eigenvalue weighted by Gasteiger charge is -2.20. The van der Waals surface area contributed by atoms with Crippen LogP contribution in [0.4, 0.5) is 0 Å². The Morgan fingerprint density at radius 1 is 1.67 bits per heavy atom. The van der Waals surface area contributed by atoms with Gasteiger partial charge in [0.2, 0.25) is 0 Å². The highest BCUT2D eigenvalue weighted by atomic mass is 15.1. The lowest BCUT2D eigenvalue weighted by Crippen LogP contribution is -2.32. The van der Waals surface area contributed by atoms with Gasteiger partial charge < -0.3 is 9.88 Å². The summed E-state index contributed by atoms with van der Waals surface area (Å²) in [4.78, 5) is 4.31. The summed E-state index contributed by atoms with van der Waals surface area (Å²) in [5.74, 6) is 3.74. The molecule has 1 aromatic rings. The Morgan fingerprint density at radius 3 is 2.87 bits per heavy atom. The highest BCUT2D eigenvalue weighted by Crippen LogP contribution is 2.11. The van der Waals surface area contributed by atoms with E-state index >= 15 is 0 Å². The van der Waals surface area contributed by atoms with Gasteiger partial charge in [0.15, 0.2) is 0 Å². The Labute approximate surface area is 91.9 Å². The van der Waals surface area contributed by atoms with Crippen molar-refractivity contribution in [3.63, 3.8) is 0 Å². The number of rotatable bonds is 5. The maximum atomic E-state index is 5.32. The zero-order valence-electron chi connectivity index (χ0n) is 9.70. The van der Waals surface area contributed by atoms with Gasteiger partial charge in [-0.2, -0.15) is 0 Å². The summed E-state index contributed by atoms with van der Waals surface area (Å²) in [5, 5.41) is 3.48. The molecule has 1 heterocycles. The first-order valence-electron chi connectivity index (χ1n) is 5.35. The summed E-state index contributed by atoms with van der Waals surface area (Å²) in [5.41, 5.74) is 0. The van der Waals surface area contributed by atoms with Crippen molar-refractivity contribution in [2.45, 2.75) is 38.8 Å². The summed E-state index contributed by atoms with van der Waals surface area (Å²) in [6, 6.07) is 0.616. The molecule has 1 aromatic heterocycles. The fourth-order valence-corrected chi connectivity index (χ4v) is 1.69. The number of hydrogen-bond acceptors (Lipinski definition) is 2. The quantitative estimate of drug-likeness (QED) is 0.744. The van der Waals surface area contributed by atoms with Gasteiger partial charge in [0.1, 0.15) is 5.82 Å². The minimum absolute atomic E-state index is 0.239. The van der Waals surface area contributed by atoms with Crippen molar-refractivity contribution in [1.82, 2.24) is 14.9 Å². The molecule has 2 unspecified atom stereocenters. The number of imidazole rings is 1. The van der Waals surface area contributed by atoms with Crippen LogP contribution in [0.15, 0.2) is 12.4 Å². The average Bonchev–Trinajstić information content (AvgIpc) is 2.63. The van der Waals surface area contributed by atoms with Crippen molar-refractivity contribution in [3.05, 3.63) is 18.2 Å². The Morgan fingerprint density at radius 2 is 2.40 bits per heavy atom. The second-order valence-corrected chi connectivity index (χ2v) is 3.80. The molecule has 0 bridgehead atoms. The van der Waals surface area contributed by atoms with Crippen molar-refractivity contribution >= 4 is 0 Å². The highest BCUT2D eigenvalue weighted by molar-refractivity contribution is 4.99. The number of terminal acetylenes is 1. The Kier molecular flexibility index (Phi) is 4.38. The minimum atomic E-state index is 0.239. The van der Waals surface area contributed by atoms with Crippen molar-refractivity contribution in [3.8, 4) is 12.3 Å². The zero-order valence-corrected chi connectivity index (χ0v) is 9.70. The molecule has 3 nitrogen and oxygen atoms in total. The number of nitrogens with zero attached hydrogens (tertiary/aromatic N) is 2. The van der Waals surface area contributed by atoms with Gasteiger partial charge in [0.25, 0.3) is 0 Å². The van der Waals surface area contributed by atoms with Crippen LogP contribution in [0.1, 0.15) is 38.6 Å². The van der Waals surface area contributed by atoms with E-state index in [0.29, 0.717) is 6.04 Å². The third kappa shape index (κ3) is 3.10. The lowest BCUT2D eigenvalue weighted by atomic mass is 10.1. The van der Waals surface area contributed by atoms with E-state index in [4.69, 9.17) is 6.42 Å². The summed E-state index contributed by atoms with van der Waals surface area (Å²) in [7, 11) is 2.00. The average molecular weight is 205 g/mol. The molecule has 82 valence electrons. The summed E-state index contributed by atoms with van der Waals surface area (Å²) >= 11 is 0. The first kappa shape index (κ1) is 11.8. The van der Waals surface area contributed by atoms with Crippen molar-refractivity contribution in [1.29, 1.82) is 0 Å². The molecule has 0 amide bonds. The number of aromatic nitrogens is 2. The molecule has 0 aliphatic rings. The molecule has 0 radical (unpaired) electrons. The van der Waals surface area contributed by atoms with Crippen molar-refractivity contribution < 1.29 is 0 Å². The maximum absolute atomic E-state index is 5.32. The number of nitrogens with one attached hydrogen (secondary N) is 1. The Hall–Kier alpha value is -1.27. The van der Waals surface area contributed by atoms with E-state index in [1.165, 1.54) is 0 Å². The number of hydrogen-bond donors (Lipinski definition) is 1. The van der Waals surface area contributed by atoms with Crippen LogP contribution in [-0.2, 0) is 7.05 Å². The topological polar surface area (TPSA) is 29.9 Å². The number of aryl methyl sites for hydroxylation is 1. The van der Waals surface area contributed by atoms with E-state index in [2.05, 4.69) is 30.1 Å². The van der Waals surface area contributed by atoms with Crippen LogP contribution >= 0.6 is 0 Å². The van der Waals surface area contributed by atoms with Crippen LogP contribution < -0.4 is 5.32 Å². The molecular weight excluding hydrogens is 186 g/mol. The molecule has 0 saturated heterocycles. The largest absolute Gasteiger partial charge is 0.337 e. The molecule has 0 fully saturated rings. The van der Waals surface area contributed by atoms with Gasteiger partial charge in [0.05, 0.1) is 6.04 Å². The van der Waals surface area contributed by atoms with E-state index in [-0.39, 0.29) is 6.04 Å². The van der Waals surface area contributed by atoms with E-state index in [9.17, 15) is 0 Å². The van der Waals surface area contributed by atoms with Crippen LogP contribution in [0.5, 0.6) is 0 Å². The van der Waals surface area contributed by atoms with Gasteiger partial charge in [0, 0.05) is 31.9 Å². The molecule has 1 rings (SSSR count). The van der Waals surface area contributed by atoms with Crippen LogP contribution in [0.2, 0.25) is 0 Å². The van der Waals surface area contributed by atoms with Gasteiger partial charge in [-0.15, -0.1) is 12.3 Å². The predicted octanol–water partition coefficient (Wildman–Crippen LogP) is 1.87. The summed E-state index contributed by atoms with van der Waals surface area (Å²) in [6.07, 6.45) is 10.9. The molecular formula is C12H19N3. The molecule has 2 atom stereocenters. The predicted molar refractivity (Wildman–Crippen MR) is 62.3 cm³/mol. The Bertz CT molecular complexity index is 335. The fourth-order valence-electron chi connectivity index (χ4n) is 1.69. The van der Waals surface area contributed by atoms with Gasteiger partial charge in [-0.1, -0.05) is 6.92 Å². The second-order valence-electron chi connectivity index (χ2n) is 3.80. The monoisotopic (exact) mass is 205 g/mol. The third-order valence-electron chi connectivity index (χ3n) is 2.59. The van der Waals surface area contributed by atoms with Crippen LogP contribution in [0.25, 0.3) is 0 Å². The van der Waals surface area contributed by atoms with E-state index in [1.54, 1.807) is 0 Å². The molecule has 0 aromatic carbocycles. The minimum Gasteiger partial charge on any atom is -0.337 e. The molecule has 3 heteroatoms. The van der Waals surface area contributed by atoms with E-state index in [0.717, 1.165) is 18.7 Å². The SMILES string of the molecule is C#CCC(CC)NC(C)c1nccn1C. The molecule has 0 saturated carbocycles. The fraction of sp³-hybridized carbons (Fsp3) is 0.583. The van der Waals surface area contributed by atoms with Crippen LogP contribution in [0, 0.1) is 12.3 Å². The molecule has 0 aliphatic carbocycles. The Balaban J connectivity index is 2.59.